The van der Waals surface area contributed by atoms with E-state index < -0.39 is 23.7 Å². The van der Waals surface area contributed by atoms with E-state index in [4.69, 9.17) is 4.42 Å². The molecule has 0 fully saturated rings. The average molecular weight is 350 g/mol. The Morgan fingerprint density at radius 2 is 2.12 bits per heavy atom. The van der Waals surface area contributed by atoms with Gasteiger partial charge in [-0.25, -0.2) is 4.39 Å². The average Bonchev–Trinajstić information content (AvgIpc) is 3.09. The van der Waals surface area contributed by atoms with Crippen LogP contribution in [-0.4, -0.2) is 29.9 Å². The van der Waals surface area contributed by atoms with E-state index in [1.807, 2.05) is 6.26 Å². The van der Waals surface area contributed by atoms with Crippen LogP contribution in [0.1, 0.15) is 22.5 Å². The molecule has 7 heteroatoms. The first-order chi connectivity index (χ1) is 11.5. The number of halogens is 1. The third kappa shape index (κ3) is 4.86. The second kappa shape index (κ2) is 8.54. The standard InChI is InChI=1S/C17H19FN2O3S/c1-11-5-6-12(10-13(11)18)19-16(21)14(7-9-24-2)20-17(22)15-4-3-8-23-15/h3-6,8,10,14H,7,9H2,1-2H3,(H,19,21)(H,20,22)/t14-/m1/s1. The van der Waals surface area contributed by atoms with Gasteiger partial charge in [0.05, 0.1) is 6.26 Å². The Hall–Kier alpha value is -2.28. The number of amides is 2. The van der Waals surface area contributed by atoms with Crippen molar-refractivity contribution in [2.24, 2.45) is 0 Å². The van der Waals surface area contributed by atoms with E-state index in [9.17, 15) is 14.0 Å². The van der Waals surface area contributed by atoms with Gasteiger partial charge in [-0.3, -0.25) is 9.59 Å². The molecule has 0 saturated heterocycles. The van der Waals surface area contributed by atoms with Crippen molar-refractivity contribution in [1.82, 2.24) is 5.32 Å². The Labute approximate surface area is 144 Å². The predicted octanol–water partition coefficient (Wildman–Crippen LogP) is 3.22. The first kappa shape index (κ1) is 18.1. The number of carbonyl (C=O) groups excluding carboxylic acids is 2. The smallest absolute Gasteiger partial charge is 0.287 e. The molecule has 5 nitrogen and oxygen atoms in total. The zero-order valence-corrected chi connectivity index (χ0v) is 14.3. The van der Waals surface area contributed by atoms with Gasteiger partial charge in [0.15, 0.2) is 5.76 Å². The van der Waals surface area contributed by atoms with Gasteiger partial charge in [0.2, 0.25) is 5.91 Å². The van der Waals surface area contributed by atoms with Gasteiger partial charge < -0.3 is 15.1 Å². The number of carbonyl (C=O) groups is 2. The molecule has 0 aliphatic heterocycles. The Morgan fingerprint density at radius 3 is 2.75 bits per heavy atom. The fourth-order valence-corrected chi connectivity index (χ4v) is 2.51. The summed E-state index contributed by atoms with van der Waals surface area (Å²) in [6.45, 7) is 1.64. The minimum Gasteiger partial charge on any atom is -0.459 e. The van der Waals surface area contributed by atoms with Crippen molar-refractivity contribution in [3.63, 3.8) is 0 Å². The maximum absolute atomic E-state index is 13.6. The quantitative estimate of drug-likeness (QED) is 0.804. The summed E-state index contributed by atoms with van der Waals surface area (Å²) in [5.74, 6) is -0.423. The third-order valence-corrected chi connectivity index (χ3v) is 4.06. The van der Waals surface area contributed by atoms with Crippen molar-refractivity contribution in [1.29, 1.82) is 0 Å². The molecule has 0 aliphatic carbocycles. The molecule has 0 bridgehead atoms. The molecule has 0 unspecified atom stereocenters. The number of aryl methyl sites for hydroxylation is 1. The van der Waals surface area contributed by atoms with E-state index in [1.165, 1.54) is 18.4 Å². The number of furan rings is 1. The first-order valence-electron chi connectivity index (χ1n) is 7.41. The Balaban J connectivity index is 2.06. The van der Waals surface area contributed by atoms with Gasteiger partial charge in [-0.2, -0.15) is 11.8 Å². The molecule has 0 saturated carbocycles. The molecule has 1 aromatic heterocycles. The maximum Gasteiger partial charge on any atom is 0.287 e. The zero-order chi connectivity index (χ0) is 17.5. The van der Waals surface area contributed by atoms with Gasteiger partial charge in [-0.05, 0) is 55.2 Å². The van der Waals surface area contributed by atoms with E-state index >= 15 is 0 Å². The van der Waals surface area contributed by atoms with Crippen LogP contribution in [0.5, 0.6) is 0 Å². The molecule has 1 aromatic carbocycles. The van der Waals surface area contributed by atoms with E-state index in [2.05, 4.69) is 10.6 Å². The van der Waals surface area contributed by atoms with Gasteiger partial charge in [0.25, 0.3) is 5.91 Å². The van der Waals surface area contributed by atoms with Gasteiger partial charge in [0, 0.05) is 5.69 Å². The normalized spacial score (nSPS) is 11.8. The SMILES string of the molecule is CSCC[C@@H](NC(=O)c1ccco1)C(=O)Nc1ccc(C)c(F)c1. The highest BCUT2D eigenvalue weighted by Crippen LogP contribution is 2.14. The van der Waals surface area contributed by atoms with Crippen LogP contribution in [0, 0.1) is 12.7 Å². The third-order valence-electron chi connectivity index (χ3n) is 3.42. The minimum atomic E-state index is -0.737. The highest BCUT2D eigenvalue weighted by atomic mass is 32.2. The molecule has 1 heterocycles. The van der Waals surface area contributed by atoms with Crippen molar-refractivity contribution in [2.45, 2.75) is 19.4 Å². The highest BCUT2D eigenvalue weighted by Gasteiger charge is 2.22. The van der Waals surface area contributed by atoms with Gasteiger partial charge in [0.1, 0.15) is 11.9 Å². The number of thioether (sulfide) groups is 1. The maximum atomic E-state index is 13.6. The number of hydrogen-bond donors (Lipinski definition) is 2. The zero-order valence-electron chi connectivity index (χ0n) is 13.5. The molecule has 1 atom stereocenters. The van der Waals surface area contributed by atoms with Crippen LogP contribution in [0.15, 0.2) is 41.0 Å². The van der Waals surface area contributed by atoms with Crippen LogP contribution in [0.25, 0.3) is 0 Å². The van der Waals surface area contributed by atoms with Crippen LogP contribution in [0.4, 0.5) is 10.1 Å². The Bertz CT molecular complexity index is 704. The Kier molecular flexibility index (Phi) is 6.43. The number of nitrogens with one attached hydrogen (secondary N) is 2. The van der Waals surface area contributed by atoms with Crippen molar-refractivity contribution in [3.05, 3.63) is 53.7 Å². The van der Waals surface area contributed by atoms with Crippen molar-refractivity contribution >= 4 is 29.3 Å². The lowest BCUT2D eigenvalue weighted by molar-refractivity contribution is -0.118. The molecular weight excluding hydrogens is 331 g/mol. The van der Waals surface area contributed by atoms with E-state index in [0.29, 0.717) is 23.4 Å². The van der Waals surface area contributed by atoms with Crippen molar-refractivity contribution in [2.75, 3.05) is 17.3 Å². The van der Waals surface area contributed by atoms with Gasteiger partial charge in [-0.1, -0.05) is 6.07 Å². The topological polar surface area (TPSA) is 71.3 Å². The van der Waals surface area contributed by atoms with Crippen LogP contribution in [0.2, 0.25) is 0 Å². The summed E-state index contributed by atoms with van der Waals surface area (Å²) in [6.07, 6.45) is 3.76. The van der Waals surface area contributed by atoms with E-state index in [1.54, 1.807) is 36.9 Å². The van der Waals surface area contributed by atoms with Crippen LogP contribution < -0.4 is 10.6 Å². The van der Waals surface area contributed by atoms with Crippen molar-refractivity contribution < 1.29 is 18.4 Å². The predicted molar refractivity (Wildman–Crippen MR) is 92.7 cm³/mol. The molecule has 0 aliphatic rings. The largest absolute Gasteiger partial charge is 0.459 e. The summed E-state index contributed by atoms with van der Waals surface area (Å²) in [5, 5.41) is 5.28. The van der Waals surface area contributed by atoms with E-state index in [-0.39, 0.29) is 5.76 Å². The van der Waals surface area contributed by atoms with Gasteiger partial charge in [-0.15, -0.1) is 0 Å². The lowest BCUT2D eigenvalue weighted by Crippen LogP contribution is -2.44. The molecule has 0 radical (unpaired) electrons. The summed E-state index contributed by atoms with van der Waals surface area (Å²) >= 11 is 1.57. The summed E-state index contributed by atoms with van der Waals surface area (Å²) in [7, 11) is 0. The first-order valence-corrected chi connectivity index (χ1v) is 8.81. The molecular formula is C17H19FN2O3S. The van der Waals surface area contributed by atoms with Crippen LogP contribution >= 0.6 is 11.8 Å². The molecule has 2 amide bonds. The number of hydrogen-bond acceptors (Lipinski definition) is 4. The lowest BCUT2D eigenvalue weighted by atomic mass is 10.1. The molecule has 2 N–H and O–H groups in total. The van der Waals surface area contributed by atoms with Crippen LogP contribution in [0.3, 0.4) is 0 Å². The molecule has 2 aromatic rings. The summed E-state index contributed by atoms with van der Waals surface area (Å²) in [6, 6.07) is 6.85. The molecule has 24 heavy (non-hydrogen) atoms. The molecule has 128 valence electrons. The second-order valence-electron chi connectivity index (χ2n) is 5.24. The second-order valence-corrected chi connectivity index (χ2v) is 6.22. The number of anilines is 1. The highest BCUT2D eigenvalue weighted by molar-refractivity contribution is 7.98. The Morgan fingerprint density at radius 1 is 1.33 bits per heavy atom. The molecule has 0 spiro atoms. The van der Waals surface area contributed by atoms with Gasteiger partial charge >= 0.3 is 0 Å². The number of benzene rings is 1. The number of rotatable bonds is 7. The van der Waals surface area contributed by atoms with Crippen LogP contribution in [-0.2, 0) is 4.79 Å². The summed E-state index contributed by atoms with van der Waals surface area (Å²) in [4.78, 5) is 24.5. The molecule has 2 rings (SSSR count). The van der Waals surface area contributed by atoms with E-state index in [0.717, 1.165) is 0 Å². The fraction of sp³-hybridized carbons (Fsp3) is 0.294. The summed E-state index contributed by atoms with van der Waals surface area (Å²) in [5.41, 5.74) is 0.850. The summed E-state index contributed by atoms with van der Waals surface area (Å²) < 4.78 is 18.6. The fourth-order valence-electron chi connectivity index (χ4n) is 2.04. The minimum absolute atomic E-state index is 0.137. The monoisotopic (exact) mass is 350 g/mol. The van der Waals surface area contributed by atoms with Crippen molar-refractivity contribution in [3.8, 4) is 0 Å². The lowest BCUT2D eigenvalue weighted by Gasteiger charge is -2.17.